The highest BCUT2D eigenvalue weighted by Crippen LogP contribution is 2.24. The van der Waals surface area contributed by atoms with Crippen LogP contribution in [0.25, 0.3) is 0 Å². The van der Waals surface area contributed by atoms with Crippen molar-refractivity contribution < 1.29 is 9.13 Å². The van der Waals surface area contributed by atoms with Gasteiger partial charge in [0.2, 0.25) is 0 Å². The lowest BCUT2D eigenvalue weighted by atomic mass is 10.2. The minimum absolute atomic E-state index is 0.246. The number of benzene rings is 2. The van der Waals surface area contributed by atoms with Crippen molar-refractivity contribution in [1.82, 2.24) is 0 Å². The van der Waals surface area contributed by atoms with E-state index in [1.807, 2.05) is 25.1 Å². The van der Waals surface area contributed by atoms with E-state index in [0.29, 0.717) is 12.2 Å². The van der Waals surface area contributed by atoms with Gasteiger partial charge in [0.15, 0.2) is 0 Å². The number of methoxy groups -OCH3 is 1. The average molecular weight is 324 g/mol. The number of anilines is 1. The highest BCUT2D eigenvalue weighted by Gasteiger charge is 2.05. The maximum absolute atomic E-state index is 13.6. The highest BCUT2D eigenvalue weighted by atomic mass is 79.9. The van der Waals surface area contributed by atoms with Gasteiger partial charge in [0.05, 0.1) is 12.8 Å². The minimum atomic E-state index is -0.246. The minimum Gasteiger partial charge on any atom is -0.497 e. The van der Waals surface area contributed by atoms with E-state index in [9.17, 15) is 4.39 Å². The zero-order valence-electron chi connectivity index (χ0n) is 10.8. The van der Waals surface area contributed by atoms with Gasteiger partial charge in [-0.25, -0.2) is 4.39 Å². The second-order valence-electron chi connectivity index (χ2n) is 4.29. The van der Waals surface area contributed by atoms with Crippen LogP contribution in [0.1, 0.15) is 11.1 Å². The van der Waals surface area contributed by atoms with Crippen LogP contribution >= 0.6 is 15.9 Å². The van der Waals surface area contributed by atoms with Gasteiger partial charge in [-0.05, 0) is 48.4 Å². The van der Waals surface area contributed by atoms with Crippen molar-refractivity contribution in [3.63, 3.8) is 0 Å². The molecule has 0 amide bonds. The van der Waals surface area contributed by atoms with E-state index in [4.69, 9.17) is 4.74 Å². The molecule has 0 saturated heterocycles. The number of halogens is 2. The summed E-state index contributed by atoms with van der Waals surface area (Å²) < 4.78 is 19.8. The number of rotatable bonds is 4. The van der Waals surface area contributed by atoms with Gasteiger partial charge >= 0.3 is 0 Å². The Bertz CT molecular complexity index is 586. The average Bonchev–Trinajstić information content (AvgIpc) is 2.41. The van der Waals surface area contributed by atoms with Gasteiger partial charge in [0.25, 0.3) is 0 Å². The third-order valence-corrected chi connectivity index (χ3v) is 3.62. The standard InChI is InChI=1S/C15H15BrFNO/c1-10-3-6-14(17)15(7-10)18-9-11-8-12(19-2)4-5-13(11)16/h3-8,18H,9H2,1-2H3. The molecule has 0 aliphatic carbocycles. The lowest BCUT2D eigenvalue weighted by molar-refractivity contribution is 0.414. The molecule has 0 aromatic heterocycles. The Morgan fingerprint density at radius 3 is 2.74 bits per heavy atom. The van der Waals surface area contributed by atoms with E-state index in [1.165, 1.54) is 6.07 Å². The number of ether oxygens (including phenoxy) is 1. The van der Waals surface area contributed by atoms with Gasteiger partial charge in [-0.15, -0.1) is 0 Å². The van der Waals surface area contributed by atoms with Crippen LogP contribution in [-0.4, -0.2) is 7.11 Å². The summed E-state index contributed by atoms with van der Waals surface area (Å²) >= 11 is 3.48. The quantitative estimate of drug-likeness (QED) is 0.893. The van der Waals surface area contributed by atoms with Crippen LogP contribution in [0.3, 0.4) is 0 Å². The molecule has 2 aromatic carbocycles. The molecule has 0 aliphatic heterocycles. The van der Waals surface area contributed by atoms with E-state index < -0.39 is 0 Å². The Hall–Kier alpha value is -1.55. The Morgan fingerprint density at radius 2 is 2.00 bits per heavy atom. The van der Waals surface area contributed by atoms with E-state index >= 15 is 0 Å². The van der Waals surface area contributed by atoms with Crippen molar-refractivity contribution in [2.75, 3.05) is 12.4 Å². The topological polar surface area (TPSA) is 21.3 Å². The molecule has 0 fully saturated rings. The molecule has 0 radical (unpaired) electrons. The number of nitrogens with one attached hydrogen (secondary N) is 1. The first kappa shape index (κ1) is 13.9. The Balaban J connectivity index is 2.16. The summed E-state index contributed by atoms with van der Waals surface area (Å²) in [5.41, 5.74) is 2.54. The summed E-state index contributed by atoms with van der Waals surface area (Å²) in [5.74, 6) is 0.536. The van der Waals surface area contributed by atoms with E-state index in [-0.39, 0.29) is 5.82 Å². The Kier molecular flexibility index (Phi) is 4.43. The van der Waals surface area contributed by atoms with Crippen LogP contribution in [0.15, 0.2) is 40.9 Å². The van der Waals surface area contributed by atoms with E-state index in [1.54, 1.807) is 19.2 Å². The van der Waals surface area contributed by atoms with Crippen molar-refractivity contribution in [2.45, 2.75) is 13.5 Å². The molecule has 19 heavy (non-hydrogen) atoms. The SMILES string of the molecule is COc1ccc(Br)c(CNc2cc(C)ccc2F)c1. The molecular weight excluding hydrogens is 309 g/mol. The molecular formula is C15H15BrFNO. The summed E-state index contributed by atoms with van der Waals surface area (Å²) in [5, 5.41) is 3.10. The smallest absolute Gasteiger partial charge is 0.146 e. The molecule has 1 N–H and O–H groups in total. The maximum Gasteiger partial charge on any atom is 0.146 e. The summed E-state index contributed by atoms with van der Waals surface area (Å²) in [6.45, 7) is 2.46. The fourth-order valence-electron chi connectivity index (χ4n) is 1.78. The fourth-order valence-corrected chi connectivity index (χ4v) is 2.17. The molecule has 0 unspecified atom stereocenters. The van der Waals surface area contributed by atoms with Crippen molar-refractivity contribution in [2.24, 2.45) is 0 Å². The summed E-state index contributed by atoms with van der Waals surface area (Å²) in [6.07, 6.45) is 0. The van der Waals surface area contributed by atoms with Gasteiger partial charge < -0.3 is 10.1 Å². The summed E-state index contributed by atoms with van der Waals surface area (Å²) in [4.78, 5) is 0. The van der Waals surface area contributed by atoms with Crippen LogP contribution in [0.4, 0.5) is 10.1 Å². The number of hydrogen-bond acceptors (Lipinski definition) is 2. The largest absolute Gasteiger partial charge is 0.497 e. The molecule has 2 nitrogen and oxygen atoms in total. The fraction of sp³-hybridized carbons (Fsp3) is 0.200. The van der Waals surface area contributed by atoms with Crippen LogP contribution in [0.5, 0.6) is 5.75 Å². The van der Waals surface area contributed by atoms with Crippen LogP contribution in [0, 0.1) is 12.7 Å². The molecule has 0 atom stereocenters. The Morgan fingerprint density at radius 1 is 1.21 bits per heavy atom. The molecule has 2 aromatic rings. The van der Waals surface area contributed by atoms with Gasteiger partial charge in [0, 0.05) is 11.0 Å². The second-order valence-corrected chi connectivity index (χ2v) is 5.15. The van der Waals surface area contributed by atoms with Gasteiger partial charge in [0.1, 0.15) is 11.6 Å². The zero-order chi connectivity index (χ0) is 13.8. The Labute approximate surface area is 120 Å². The summed E-state index contributed by atoms with van der Waals surface area (Å²) in [7, 11) is 1.63. The second kappa shape index (κ2) is 6.06. The third kappa shape index (κ3) is 3.47. The molecule has 0 saturated carbocycles. The van der Waals surface area contributed by atoms with Crippen molar-refractivity contribution in [3.8, 4) is 5.75 Å². The lowest BCUT2D eigenvalue weighted by Gasteiger charge is -2.11. The molecule has 100 valence electrons. The van der Waals surface area contributed by atoms with Gasteiger partial charge in [-0.1, -0.05) is 22.0 Å². The predicted octanol–water partition coefficient (Wildman–Crippen LogP) is 4.52. The first-order valence-electron chi connectivity index (χ1n) is 5.92. The van der Waals surface area contributed by atoms with Crippen LogP contribution < -0.4 is 10.1 Å². The number of hydrogen-bond donors (Lipinski definition) is 1. The lowest BCUT2D eigenvalue weighted by Crippen LogP contribution is -2.02. The molecule has 0 heterocycles. The van der Waals surface area contributed by atoms with Crippen molar-refractivity contribution in [1.29, 1.82) is 0 Å². The normalized spacial score (nSPS) is 10.3. The highest BCUT2D eigenvalue weighted by molar-refractivity contribution is 9.10. The van der Waals surface area contributed by atoms with Gasteiger partial charge in [-0.2, -0.15) is 0 Å². The van der Waals surface area contributed by atoms with Crippen LogP contribution in [0.2, 0.25) is 0 Å². The maximum atomic E-state index is 13.6. The first-order valence-corrected chi connectivity index (χ1v) is 6.72. The van der Waals surface area contributed by atoms with Crippen molar-refractivity contribution in [3.05, 3.63) is 57.8 Å². The molecule has 2 rings (SSSR count). The van der Waals surface area contributed by atoms with E-state index in [0.717, 1.165) is 21.3 Å². The van der Waals surface area contributed by atoms with Crippen LogP contribution in [-0.2, 0) is 6.54 Å². The molecule has 0 bridgehead atoms. The predicted molar refractivity (Wildman–Crippen MR) is 79.2 cm³/mol. The number of aryl methyl sites for hydroxylation is 1. The van der Waals surface area contributed by atoms with Crippen molar-refractivity contribution >= 4 is 21.6 Å². The molecule has 0 aliphatic rings. The molecule has 0 spiro atoms. The molecule has 4 heteroatoms. The van der Waals surface area contributed by atoms with E-state index in [2.05, 4.69) is 21.2 Å². The third-order valence-electron chi connectivity index (χ3n) is 2.84. The zero-order valence-corrected chi connectivity index (χ0v) is 12.4. The van der Waals surface area contributed by atoms with Gasteiger partial charge in [-0.3, -0.25) is 0 Å². The monoisotopic (exact) mass is 323 g/mol. The summed E-state index contributed by atoms with van der Waals surface area (Å²) in [6, 6.07) is 10.7. The first-order chi connectivity index (χ1) is 9.10.